The Morgan fingerprint density at radius 2 is 1.60 bits per heavy atom. The minimum atomic E-state index is -3.58. The van der Waals surface area contributed by atoms with Crippen LogP contribution in [0.5, 0.6) is 0 Å². The predicted molar refractivity (Wildman–Crippen MR) is 11.5 cm³/mol. The molecule has 0 saturated carbocycles. The van der Waals surface area contributed by atoms with Crippen molar-refractivity contribution in [1.82, 2.24) is 0 Å². The molecule has 0 amide bonds. The summed E-state index contributed by atoms with van der Waals surface area (Å²) >= 11 is 0.145. The Morgan fingerprint density at radius 3 is 1.60 bits per heavy atom. The maximum atomic E-state index is 9.23. The average Bonchev–Trinajstić information content (AvgIpc) is 0.722. The fourth-order valence-electron chi connectivity index (χ4n) is 0. The molecule has 0 aliphatic rings. The van der Waals surface area contributed by atoms with Gasteiger partial charge in [0.2, 0.25) is 0 Å². The van der Waals surface area contributed by atoms with E-state index in [4.69, 9.17) is 4.55 Å². The van der Waals surface area contributed by atoms with E-state index in [1.165, 1.54) is 0 Å². The molecule has 3 nitrogen and oxygen atoms in total. The van der Waals surface area contributed by atoms with Gasteiger partial charge < -0.3 is 0 Å². The summed E-state index contributed by atoms with van der Waals surface area (Å²) in [5.41, 5.74) is 0. The van der Waals surface area contributed by atoms with Crippen molar-refractivity contribution in [2.24, 2.45) is 0 Å². The van der Waals surface area contributed by atoms with Crippen LogP contribution in [0.4, 0.5) is 0 Å². The van der Waals surface area contributed by atoms with Crippen molar-refractivity contribution >= 4 is 6.87 Å². The molecule has 5 heavy (non-hydrogen) atoms. The second-order valence-electron chi connectivity index (χ2n) is 0.475. The topological polar surface area (TPSA) is 54.4 Å². The Morgan fingerprint density at radius 1 is 1.60 bits per heavy atom. The van der Waals surface area contributed by atoms with Crippen molar-refractivity contribution in [2.45, 2.75) is 0 Å². The van der Waals surface area contributed by atoms with Crippen LogP contribution in [0.3, 0.4) is 0 Å². The summed E-state index contributed by atoms with van der Waals surface area (Å²) in [5.74, 6) is 0. The van der Waals surface area contributed by atoms with Crippen LogP contribution in [0, 0.1) is 0 Å². The summed E-state index contributed by atoms with van der Waals surface area (Å²) in [6, 6.07) is 0. The Hall–Kier alpha value is 0.793. The predicted octanol–water partition coefficient (Wildman–Crippen LogP) is -0.664. The van der Waals surface area contributed by atoms with Crippen molar-refractivity contribution in [3.8, 4) is 0 Å². The molecule has 0 saturated heterocycles. The van der Waals surface area contributed by atoms with Gasteiger partial charge in [0.25, 0.3) is 0 Å². The third kappa shape index (κ3) is 59.4. The molecule has 0 aliphatic heterocycles. The zero-order valence-electron chi connectivity index (χ0n) is 2.17. The molecule has 0 rings (SSSR count). The number of rotatable bonds is 0. The van der Waals surface area contributed by atoms with Gasteiger partial charge in [-0.15, -0.1) is 0 Å². The molecule has 0 radical (unpaired) electrons. The van der Waals surface area contributed by atoms with E-state index < -0.39 is 6.87 Å². The summed E-state index contributed by atoms with van der Waals surface area (Å²) in [6.45, 7) is -3.58. The normalized spacial score (nSPS) is 11.2. The number of hydrogen-bond acceptors (Lipinski definition) is 2. The zero-order chi connectivity index (χ0) is 4.50. The van der Waals surface area contributed by atoms with E-state index >= 15 is 0 Å². The quantitative estimate of drug-likeness (QED) is 0.493. The molecule has 5 heteroatoms. The number of hydrogen-bond donors (Lipinski definition) is 1. The van der Waals surface area contributed by atoms with Crippen molar-refractivity contribution < 1.29 is 36.2 Å². The molecule has 0 spiro atoms. The van der Waals surface area contributed by atoms with E-state index in [0.29, 0.717) is 0 Å². The zero-order valence-corrected chi connectivity index (χ0v) is 5.45. The summed E-state index contributed by atoms with van der Waals surface area (Å²) in [4.78, 5) is 0. The summed E-state index contributed by atoms with van der Waals surface area (Å²) in [7, 11) is 0. The Kier molecular flexibility index (Phi) is 1.73. The first-order chi connectivity index (χ1) is 2.00. The summed E-state index contributed by atoms with van der Waals surface area (Å²) in [5, 5.41) is 0. The van der Waals surface area contributed by atoms with E-state index in [0.717, 1.165) is 0 Å². The van der Waals surface area contributed by atoms with Crippen LogP contribution in [0.25, 0.3) is 0 Å². The first-order valence-electron chi connectivity index (χ1n) is 0.720. The van der Waals surface area contributed by atoms with Crippen molar-refractivity contribution in [2.75, 3.05) is 0 Å². The standard InChI is InChI=1S/HO3S.Zr/c1-4(2)3;/h(H,1,2,3);. The van der Waals surface area contributed by atoms with Gasteiger partial charge in [-0.3, -0.25) is 0 Å². The molecule has 0 bridgehead atoms. The van der Waals surface area contributed by atoms with E-state index in [1.807, 2.05) is 0 Å². The van der Waals surface area contributed by atoms with Gasteiger partial charge in [0, 0.05) is 0 Å². The molecule has 0 heterocycles. The molecule has 0 unspecified atom stereocenters. The van der Waals surface area contributed by atoms with Gasteiger partial charge in [-0.1, -0.05) is 0 Å². The van der Waals surface area contributed by atoms with Gasteiger partial charge >= 0.3 is 43.1 Å². The van der Waals surface area contributed by atoms with Crippen LogP contribution in [0.2, 0.25) is 0 Å². The SMILES string of the molecule is O=[S](=O)(O)[Zr]. The molecule has 0 aromatic rings. The van der Waals surface area contributed by atoms with Gasteiger partial charge in [-0.05, 0) is 0 Å². The van der Waals surface area contributed by atoms with Gasteiger partial charge in [0.05, 0.1) is 0 Å². The molecule has 0 aromatic heterocycles. The summed E-state index contributed by atoms with van der Waals surface area (Å²) < 4.78 is 26.0. The van der Waals surface area contributed by atoms with Gasteiger partial charge in [-0.25, -0.2) is 0 Å². The minimum absolute atomic E-state index is 0.145. The van der Waals surface area contributed by atoms with Crippen LogP contribution in [0.1, 0.15) is 0 Å². The van der Waals surface area contributed by atoms with E-state index in [9.17, 15) is 8.42 Å². The molecule has 0 atom stereocenters. The molecule has 1 N–H and O–H groups in total. The van der Waals surface area contributed by atoms with E-state index in [-0.39, 0.29) is 23.3 Å². The fraction of sp³-hybridized carbons (Fsp3) is 0. The molecule has 0 aromatic carbocycles. The Labute approximate surface area is 43.2 Å². The summed E-state index contributed by atoms with van der Waals surface area (Å²) in [6.07, 6.45) is 0. The third-order valence-corrected chi connectivity index (χ3v) is 0. The van der Waals surface area contributed by atoms with Gasteiger partial charge in [0.15, 0.2) is 0 Å². The Bertz CT molecular complexity index is 90.1. The second-order valence-corrected chi connectivity index (χ2v) is 5.23. The van der Waals surface area contributed by atoms with Crippen molar-refractivity contribution in [3.05, 3.63) is 0 Å². The third-order valence-electron chi connectivity index (χ3n) is 0. The first-order valence-corrected chi connectivity index (χ1v) is 5.17. The molecular weight excluding hydrogens is 171 g/mol. The van der Waals surface area contributed by atoms with Crippen LogP contribution >= 0.6 is 0 Å². The average molecular weight is 172 g/mol. The van der Waals surface area contributed by atoms with Crippen LogP contribution < -0.4 is 0 Å². The van der Waals surface area contributed by atoms with Gasteiger partial charge in [-0.2, -0.15) is 0 Å². The molecule has 0 aliphatic carbocycles. The first kappa shape index (κ1) is 5.79. The molecule has 0 fully saturated rings. The van der Waals surface area contributed by atoms with E-state index in [1.54, 1.807) is 0 Å². The van der Waals surface area contributed by atoms with Crippen LogP contribution in [-0.4, -0.2) is 13.0 Å². The van der Waals surface area contributed by atoms with Gasteiger partial charge in [0.1, 0.15) is 0 Å². The maximum absolute atomic E-state index is 9.23. The van der Waals surface area contributed by atoms with E-state index in [2.05, 4.69) is 0 Å². The molecular formula is HO3SZr. The van der Waals surface area contributed by atoms with Crippen LogP contribution in [-0.2, 0) is 30.1 Å². The molecule has 29 valence electrons. The van der Waals surface area contributed by atoms with Crippen molar-refractivity contribution in [1.29, 1.82) is 0 Å². The van der Waals surface area contributed by atoms with Crippen molar-refractivity contribution in [3.63, 3.8) is 0 Å². The fourth-order valence-corrected chi connectivity index (χ4v) is 0. The Balaban J connectivity index is 4.06. The monoisotopic (exact) mass is 171 g/mol. The second kappa shape index (κ2) is 1.49. The van der Waals surface area contributed by atoms with Crippen LogP contribution in [0.15, 0.2) is 0 Å².